The standard InChI is InChI=1S/2C8H9FO3S/c2*1-7-2-4-8(5-3-7)13(10,11)12-6-9/h2*2-5H,6H2,1H3. The molecule has 144 valence electrons. The Morgan fingerprint density at radius 2 is 0.923 bits per heavy atom. The molecule has 10 heteroatoms. The van der Waals surface area contributed by atoms with Gasteiger partial charge < -0.3 is 0 Å². The zero-order valence-corrected chi connectivity index (χ0v) is 15.7. The summed E-state index contributed by atoms with van der Waals surface area (Å²) in [5.41, 5.74) is 1.86. The van der Waals surface area contributed by atoms with Crippen LogP contribution in [0.2, 0.25) is 0 Å². The molecular formula is C16H18F2O6S2. The Morgan fingerprint density at radius 1 is 0.654 bits per heavy atom. The summed E-state index contributed by atoms with van der Waals surface area (Å²) in [6.07, 6.45) is 0. The van der Waals surface area contributed by atoms with Gasteiger partial charge in [-0.25, -0.2) is 17.1 Å². The molecule has 0 aliphatic heterocycles. The fourth-order valence-corrected chi connectivity index (χ4v) is 3.11. The van der Waals surface area contributed by atoms with Crippen LogP contribution in [-0.2, 0) is 28.6 Å². The first-order valence-electron chi connectivity index (χ1n) is 7.16. The van der Waals surface area contributed by atoms with Crippen molar-refractivity contribution in [3.05, 3.63) is 59.7 Å². The maximum Gasteiger partial charge on any atom is 0.299 e. The summed E-state index contributed by atoms with van der Waals surface area (Å²) in [4.78, 5) is -0.0634. The van der Waals surface area contributed by atoms with Crippen LogP contribution < -0.4 is 0 Å². The molecule has 2 rings (SSSR count). The molecule has 0 aliphatic carbocycles. The van der Waals surface area contributed by atoms with Crippen molar-refractivity contribution in [3.8, 4) is 0 Å². The summed E-state index contributed by atoms with van der Waals surface area (Å²) in [6.45, 7) is 0.977. The molecule has 0 heterocycles. The van der Waals surface area contributed by atoms with Gasteiger partial charge >= 0.3 is 0 Å². The van der Waals surface area contributed by atoms with Gasteiger partial charge in [-0.05, 0) is 38.1 Å². The van der Waals surface area contributed by atoms with E-state index in [1.54, 1.807) is 24.3 Å². The van der Waals surface area contributed by atoms with Crippen molar-refractivity contribution in [2.75, 3.05) is 13.7 Å². The summed E-state index contributed by atoms with van der Waals surface area (Å²) in [6, 6.07) is 12.0. The second-order valence-corrected chi connectivity index (χ2v) is 8.22. The number of hydrogen-bond donors (Lipinski definition) is 0. The van der Waals surface area contributed by atoms with Crippen molar-refractivity contribution in [1.29, 1.82) is 0 Å². The lowest BCUT2D eigenvalue weighted by atomic mass is 10.2. The van der Waals surface area contributed by atoms with Gasteiger partial charge in [0.05, 0.1) is 9.79 Å². The number of aryl methyl sites for hydroxylation is 2. The molecule has 0 aromatic heterocycles. The van der Waals surface area contributed by atoms with E-state index in [9.17, 15) is 25.6 Å². The third kappa shape index (κ3) is 6.79. The molecule has 0 bridgehead atoms. The fourth-order valence-electron chi connectivity index (χ4n) is 1.66. The van der Waals surface area contributed by atoms with Crippen LogP contribution in [0.1, 0.15) is 11.1 Å². The fraction of sp³-hybridized carbons (Fsp3) is 0.250. The van der Waals surface area contributed by atoms with Crippen molar-refractivity contribution >= 4 is 20.2 Å². The third-order valence-corrected chi connectivity index (χ3v) is 5.52. The van der Waals surface area contributed by atoms with Crippen molar-refractivity contribution < 1.29 is 34.0 Å². The summed E-state index contributed by atoms with van der Waals surface area (Å²) >= 11 is 0. The van der Waals surface area contributed by atoms with E-state index >= 15 is 0 Å². The molecule has 0 fully saturated rings. The Balaban J connectivity index is 0.000000260. The summed E-state index contributed by atoms with van der Waals surface area (Å²) < 4.78 is 75.6. The molecule has 2 aromatic rings. The molecule has 0 atom stereocenters. The molecule has 0 saturated carbocycles. The third-order valence-electron chi connectivity index (χ3n) is 3.02. The van der Waals surface area contributed by atoms with Crippen LogP contribution in [-0.4, -0.2) is 30.6 Å². The zero-order valence-electron chi connectivity index (χ0n) is 14.1. The van der Waals surface area contributed by atoms with Gasteiger partial charge in [-0.2, -0.15) is 16.8 Å². The van der Waals surface area contributed by atoms with Crippen molar-refractivity contribution in [1.82, 2.24) is 0 Å². The molecule has 0 aliphatic rings. The molecule has 26 heavy (non-hydrogen) atoms. The van der Waals surface area contributed by atoms with E-state index in [0.29, 0.717) is 0 Å². The number of alkyl halides is 2. The topological polar surface area (TPSA) is 86.7 Å². The molecule has 6 nitrogen and oxygen atoms in total. The van der Waals surface area contributed by atoms with Crippen LogP contribution in [0.15, 0.2) is 58.3 Å². The average Bonchev–Trinajstić information content (AvgIpc) is 2.56. The van der Waals surface area contributed by atoms with Gasteiger partial charge in [-0.15, -0.1) is 0 Å². The highest BCUT2D eigenvalue weighted by Crippen LogP contribution is 2.13. The van der Waals surface area contributed by atoms with E-state index in [2.05, 4.69) is 8.37 Å². The van der Waals surface area contributed by atoms with Gasteiger partial charge in [-0.1, -0.05) is 35.4 Å². The van der Waals surface area contributed by atoms with Gasteiger partial charge in [-0.3, -0.25) is 0 Å². The minimum atomic E-state index is -3.90. The van der Waals surface area contributed by atoms with Crippen LogP contribution >= 0.6 is 0 Å². The molecule has 0 saturated heterocycles. The van der Waals surface area contributed by atoms with E-state index in [-0.39, 0.29) is 9.79 Å². The van der Waals surface area contributed by atoms with Crippen molar-refractivity contribution in [3.63, 3.8) is 0 Å². The average molecular weight is 408 g/mol. The first kappa shape index (κ1) is 22.2. The minimum absolute atomic E-state index is 0.0317. The first-order chi connectivity index (χ1) is 12.1. The highest BCUT2D eigenvalue weighted by molar-refractivity contribution is 7.87. The van der Waals surface area contributed by atoms with Crippen molar-refractivity contribution in [2.45, 2.75) is 23.6 Å². The summed E-state index contributed by atoms with van der Waals surface area (Å²) in [5.74, 6) is 0. The van der Waals surface area contributed by atoms with E-state index in [4.69, 9.17) is 0 Å². The SMILES string of the molecule is Cc1ccc(S(=O)(=O)OCF)cc1.Cc1ccc(S(=O)(=O)OCF)cc1. The maximum absolute atomic E-state index is 11.7. The van der Waals surface area contributed by atoms with Gasteiger partial charge in [0, 0.05) is 0 Å². The predicted molar refractivity (Wildman–Crippen MR) is 90.8 cm³/mol. The van der Waals surface area contributed by atoms with Crippen LogP contribution in [0.4, 0.5) is 8.78 Å². The molecule has 0 unspecified atom stereocenters. The Hall–Kier alpha value is -1.88. The Bertz CT molecular complexity index is 815. The Kier molecular flexibility index (Phi) is 8.28. The Labute approximate surface area is 151 Å². The largest absolute Gasteiger partial charge is 0.299 e. The number of rotatable bonds is 6. The van der Waals surface area contributed by atoms with Crippen LogP contribution in [0.3, 0.4) is 0 Å². The van der Waals surface area contributed by atoms with Gasteiger partial charge in [0.2, 0.25) is 13.7 Å². The second-order valence-electron chi connectivity index (χ2n) is 4.99. The van der Waals surface area contributed by atoms with Gasteiger partial charge in [0.25, 0.3) is 20.2 Å². The maximum atomic E-state index is 11.7. The molecule has 2 aromatic carbocycles. The lowest BCUT2D eigenvalue weighted by Gasteiger charge is -2.01. The van der Waals surface area contributed by atoms with Gasteiger partial charge in [0.1, 0.15) is 0 Å². The van der Waals surface area contributed by atoms with Gasteiger partial charge in [0.15, 0.2) is 0 Å². The van der Waals surface area contributed by atoms with Crippen LogP contribution in [0, 0.1) is 13.8 Å². The molecule has 0 amide bonds. The molecule has 0 spiro atoms. The van der Waals surface area contributed by atoms with Crippen LogP contribution in [0.5, 0.6) is 0 Å². The molecule has 0 N–H and O–H groups in total. The highest BCUT2D eigenvalue weighted by Gasteiger charge is 2.14. The first-order valence-corrected chi connectivity index (χ1v) is 9.98. The van der Waals surface area contributed by atoms with Crippen LogP contribution in [0.25, 0.3) is 0 Å². The molecule has 0 radical (unpaired) electrons. The summed E-state index contributed by atoms with van der Waals surface area (Å²) in [5, 5.41) is 0. The second kappa shape index (κ2) is 9.72. The minimum Gasteiger partial charge on any atom is -0.232 e. The number of benzene rings is 2. The van der Waals surface area contributed by atoms with E-state index in [1.165, 1.54) is 24.3 Å². The number of halogens is 2. The zero-order chi connectivity index (χ0) is 19.8. The van der Waals surface area contributed by atoms with E-state index in [0.717, 1.165) is 11.1 Å². The smallest absolute Gasteiger partial charge is 0.232 e. The normalized spacial score (nSPS) is 11.5. The lowest BCUT2D eigenvalue weighted by molar-refractivity contribution is 0.197. The van der Waals surface area contributed by atoms with E-state index in [1.807, 2.05) is 13.8 Å². The monoisotopic (exact) mass is 408 g/mol. The number of hydrogen-bond acceptors (Lipinski definition) is 6. The summed E-state index contributed by atoms with van der Waals surface area (Å²) in [7, 11) is -7.80. The van der Waals surface area contributed by atoms with Crippen molar-refractivity contribution in [2.24, 2.45) is 0 Å². The van der Waals surface area contributed by atoms with E-state index < -0.39 is 34.0 Å². The lowest BCUT2D eigenvalue weighted by Crippen LogP contribution is -2.05. The molecular weight excluding hydrogens is 390 g/mol. The quantitative estimate of drug-likeness (QED) is 0.682. The Morgan fingerprint density at radius 3 is 1.15 bits per heavy atom. The highest BCUT2D eigenvalue weighted by atomic mass is 32.2. The predicted octanol–water partition coefficient (Wildman–Crippen LogP) is 3.25.